The van der Waals surface area contributed by atoms with Gasteiger partial charge in [0.25, 0.3) is 0 Å². The van der Waals surface area contributed by atoms with Crippen LogP contribution in [0.15, 0.2) is 47.9 Å². The first kappa shape index (κ1) is 15.1. The number of aryl methyl sites for hydroxylation is 1. The number of oxime groups is 1. The summed E-state index contributed by atoms with van der Waals surface area (Å²) in [7, 11) is 1.98. The van der Waals surface area contributed by atoms with Gasteiger partial charge in [0, 0.05) is 44.9 Å². The smallest absolute Gasteiger partial charge is 0.141 e. The number of nitrogens with two attached hydrogens (primary N) is 1. The molecule has 0 saturated carbocycles. The first-order valence-corrected chi connectivity index (χ1v) is 6.91. The lowest BCUT2D eigenvalue weighted by Gasteiger charge is -2.18. The molecule has 0 aliphatic carbocycles. The minimum Gasteiger partial charge on any atom is -0.409 e. The molecule has 1 unspecified atom stereocenters. The summed E-state index contributed by atoms with van der Waals surface area (Å²) in [6.07, 6.45) is 5.00. The first-order valence-electron chi connectivity index (χ1n) is 6.91. The highest BCUT2D eigenvalue weighted by molar-refractivity contribution is 5.80. The van der Waals surface area contributed by atoms with Crippen molar-refractivity contribution in [1.82, 2.24) is 14.9 Å². The van der Waals surface area contributed by atoms with Crippen molar-refractivity contribution in [3.8, 4) is 0 Å². The maximum Gasteiger partial charge on any atom is 0.141 e. The molecule has 112 valence electrons. The second kappa shape index (κ2) is 7.44. The molecule has 0 aliphatic rings. The number of aromatic nitrogens is 2. The van der Waals surface area contributed by atoms with Crippen LogP contribution in [0, 0.1) is 0 Å². The molecule has 0 bridgehead atoms. The molecule has 1 heterocycles. The van der Waals surface area contributed by atoms with E-state index in [0.717, 1.165) is 24.4 Å². The summed E-state index contributed by atoms with van der Waals surface area (Å²) in [5.41, 5.74) is 6.76. The molecular formula is C15H21N5O. The van der Waals surface area contributed by atoms with E-state index in [-0.39, 0.29) is 11.9 Å². The lowest BCUT2D eigenvalue weighted by atomic mass is 10.0. The number of hydrogen-bond acceptors (Lipinski definition) is 4. The molecule has 1 atom stereocenters. The molecule has 2 rings (SSSR count). The van der Waals surface area contributed by atoms with E-state index in [9.17, 15) is 0 Å². The Morgan fingerprint density at radius 2 is 2.19 bits per heavy atom. The Morgan fingerprint density at radius 1 is 1.43 bits per heavy atom. The van der Waals surface area contributed by atoms with Crippen LogP contribution in [0.2, 0.25) is 0 Å². The standard InChI is InChI=1S/C15H21N5O/c1-20-10-9-18-15(20)7-8-17-13(11-14(16)19-21)12-5-3-2-4-6-12/h2-6,9-10,13,17,21H,7-8,11H2,1H3,(H2,16,19). The first-order chi connectivity index (χ1) is 10.2. The van der Waals surface area contributed by atoms with Crippen LogP contribution >= 0.6 is 0 Å². The zero-order valence-electron chi connectivity index (χ0n) is 12.1. The summed E-state index contributed by atoms with van der Waals surface area (Å²) >= 11 is 0. The maximum absolute atomic E-state index is 8.76. The Labute approximate surface area is 124 Å². The quantitative estimate of drug-likeness (QED) is 0.311. The third-order valence-electron chi connectivity index (χ3n) is 3.40. The number of amidine groups is 1. The van der Waals surface area contributed by atoms with Gasteiger partial charge in [0.15, 0.2) is 0 Å². The van der Waals surface area contributed by atoms with Crippen LogP contribution in [0.4, 0.5) is 0 Å². The molecule has 0 amide bonds. The van der Waals surface area contributed by atoms with Crippen LogP contribution in [0.1, 0.15) is 23.9 Å². The fourth-order valence-corrected chi connectivity index (χ4v) is 2.24. The Balaban J connectivity index is 1.98. The molecule has 0 spiro atoms. The SMILES string of the molecule is Cn1ccnc1CCNC(CC(N)=NO)c1ccccc1. The van der Waals surface area contributed by atoms with Crippen LogP contribution < -0.4 is 11.1 Å². The van der Waals surface area contributed by atoms with Gasteiger partial charge in [0.2, 0.25) is 0 Å². The van der Waals surface area contributed by atoms with E-state index in [0.29, 0.717) is 6.42 Å². The predicted molar refractivity (Wildman–Crippen MR) is 82.1 cm³/mol. The highest BCUT2D eigenvalue weighted by Crippen LogP contribution is 2.16. The van der Waals surface area contributed by atoms with Crippen molar-refractivity contribution in [3.63, 3.8) is 0 Å². The van der Waals surface area contributed by atoms with Crippen molar-refractivity contribution in [3.05, 3.63) is 54.1 Å². The second-order valence-electron chi connectivity index (χ2n) is 4.92. The number of nitrogens with zero attached hydrogens (tertiary/aromatic N) is 3. The van der Waals surface area contributed by atoms with Gasteiger partial charge >= 0.3 is 0 Å². The van der Waals surface area contributed by atoms with Crippen LogP contribution in [-0.4, -0.2) is 27.1 Å². The molecule has 6 nitrogen and oxygen atoms in total. The Morgan fingerprint density at radius 3 is 2.81 bits per heavy atom. The van der Waals surface area contributed by atoms with Gasteiger partial charge in [-0.15, -0.1) is 0 Å². The zero-order chi connectivity index (χ0) is 15.1. The van der Waals surface area contributed by atoms with Gasteiger partial charge in [0.05, 0.1) is 0 Å². The summed E-state index contributed by atoms with van der Waals surface area (Å²) in [4.78, 5) is 4.30. The molecule has 1 aromatic heterocycles. The number of hydrogen-bond donors (Lipinski definition) is 3. The molecule has 21 heavy (non-hydrogen) atoms. The van der Waals surface area contributed by atoms with Crippen molar-refractivity contribution in [1.29, 1.82) is 0 Å². The fraction of sp³-hybridized carbons (Fsp3) is 0.333. The minimum absolute atomic E-state index is 0.0161. The van der Waals surface area contributed by atoms with Crippen molar-refractivity contribution < 1.29 is 5.21 Å². The summed E-state index contributed by atoms with van der Waals surface area (Å²) in [6, 6.07) is 10.0. The molecule has 6 heteroatoms. The third-order valence-corrected chi connectivity index (χ3v) is 3.40. The van der Waals surface area contributed by atoms with Crippen molar-refractivity contribution in [2.75, 3.05) is 6.54 Å². The maximum atomic E-state index is 8.76. The Kier molecular flexibility index (Phi) is 5.34. The fourth-order valence-electron chi connectivity index (χ4n) is 2.24. The van der Waals surface area contributed by atoms with Crippen LogP contribution in [0.25, 0.3) is 0 Å². The van der Waals surface area contributed by atoms with E-state index >= 15 is 0 Å². The zero-order valence-corrected chi connectivity index (χ0v) is 12.1. The largest absolute Gasteiger partial charge is 0.409 e. The van der Waals surface area contributed by atoms with E-state index in [1.165, 1.54) is 0 Å². The van der Waals surface area contributed by atoms with Gasteiger partial charge < -0.3 is 20.8 Å². The van der Waals surface area contributed by atoms with Gasteiger partial charge in [-0.25, -0.2) is 4.98 Å². The number of benzene rings is 1. The van der Waals surface area contributed by atoms with E-state index in [1.54, 1.807) is 6.20 Å². The highest BCUT2D eigenvalue weighted by Gasteiger charge is 2.13. The highest BCUT2D eigenvalue weighted by atomic mass is 16.4. The number of imidazole rings is 1. The molecular weight excluding hydrogens is 266 g/mol. The lowest BCUT2D eigenvalue weighted by molar-refractivity contribution is 0.315. The van der Waals surface area contributed by atoms with Crippen LogP contribution in [-0.2, 0) is 13.5 Å². The lowest BCUT2D eigenvalue weighted by Crippen LogP contribution is -2.29. The van der Waals surface area contributed by atoms with Gasteiger partial charge in [-0.3, -0.25) is 0 Å². The minimum atomic E-state index is 0.0161. The molecule has 0 aliphatic heterocycles. The van der Waals surface area contributed by atoms with Crippen molar-refractivity contribution >= 4 is 5.84 Å². The summed E-state index contributed by atoms with van der Waals surface area (Å²) < 4.78 is 2.00. The van der Waals surface area contributed by atoms with Gasteiger partial charge in [-0.05, 0) is 5.56 Å². The van der Waals surface area contributed by atoms with E-state index < -0.39 is 0 Å². The molecule has 2 aromatic rings. The summed E-state index contributed by atoms with van der Waals surface area (Å²) in [5.74, 6) is 1.24. The Bertz CT molecular complexity index is 579. The van der Waals surface area contributed by atoms with Gasteiger partial charge in [-0.1, -0.05) is 35.5 Å². The number of rotatable bonds is 7. The summed E-state index contributed by atoms with van der Waals surface area (Å²) in [6.45, 7) is 0.767. The normalized spacial score (nSPS) is 13.3. The molecule has 4 N–H and O–H groups in total. The molecule has 0 radical (unpaired) electrons. The van der Waals surface area contributed by atoms with E-state index in [4.69, 9.17) is 10.9 Å². The van der Waals surface area contributed by atoms with E-state index in [2.05, 4.69) is 15.5 Å². The Hall–Kier alpha value is -2.34. The summed E-state index contributed by atoms with van der Waals surface area (Å²) in [5, 5.41) is 15.3. The van der Waals surface area contributed by atoms with Crippen LogP contribution in [0.5, 0.6) is 0 Å². The monoisotopic (exact) mass is 287 g/mol. The molecule has 1 aromatic carbocycles. The third kappa shape index (κ3) is 4.32. The van der Waals surface area contributed by atoms with Gasteiger partial charge in [-0.2, -0.15) is 0 Å². The molecule has 0 fully saturated rings. The average Bonchev–Trinajstić information content (AvgIpc) is 2.92. The van der Waals surface area contributed by atoms with Crippen molar-refractivity contribution in [2.24, 2.45) is 17.9 Å². The van der Waals surface area contributed by atoms with Crippen molar-refractivity contribution in [2.45, 2.75) is 18.9 Å². The topological polar surface area (TPSA) is 88.5 Å². The van der Waals surface area contributed by atoms with Crippen LogP contribution in [0.3, 0.4) is 0 Å². The second-order valence-corrected chi connectivity index (χ2v) is 4.92. The average molecular weight is 287 g/mol. The van der Waals surface area contributed by atoms with E-state index in [1.807, 2.05) is 48.1 Å². The predicted octanol–water partition coefficient (Wildman–Crippen LogP) is 1.43. The number of nitrogens with one attached hydrogen (secondary N) is 1. The van der Waals surface area contributed by atoms with Gasteiger partial charge in [0.1, 0.15) is 11.7 Å². The molecule has 0 saturated heterocycles.